The third-order valence-electron chi connectivity index (χ3n) is 18.1. The molecule has 2 aromatic heterocycles. The maximum atomic E-state index is 14.4. The number of nitrogens with zero attached hydrogens (tertiary/aromatic N) is 5. The number of ether oxygens (including phenoxy) is 4. The lowest BCUT2D eigenvalue weighted by atomic mass is 9.85. The van der Waals surface area contributed by atoms with Crippen LogP contribution in [0.25, 0.3) is 21.5 Å². The number of aliphatic imine (C=N–C) groups is 1. The van der Waals surface area contributed by atoms with E-state index >= 15 is 0 Å². The molecule has 0 spiro atoms. The highest BCUT2D eigenvalue weighted by Crippen LogP contribution is 2.47. The van der Waals surface area contributed by atoms with Crippen LogP contribution < -0.4 is 55.4 Å². The number of sulfonamides is 2. The van der Waals surface area contributed by atoms with Crippen LogP contribution in [0.4, 0.5) is 4.79 Å². The molecule has 4 saturated carbocycles. The summed E-state index contributed by atoms with van der Waals surface area (Å²) in [6.07, 6.45) is 8.78. The fourth-order valence-corrected chi connectivity index (χ4v) is 14.5. The second-order valence-electron chi connectivity index (χ2n) is 30.6. The summed E-state index contributed by atoms with van der Waals surface area (Å²) in [5.74, 6) is -2.85. The van der Waals surface area contributed by atoms with E-state index in [1.165, 1.54) is 28.0 Å². The van der Waals surface area contributed by atoms with Gasteiger partial charge in [0, 0.05) is 53.4 Å². The average molecular weight is 1500 g/mol. The van der Waals surface area contributed by atoms with Crippen molar-refractivity contribution >= 4 is 114 Å². The Morgan fingerprint density at radius 1 is 0.637 bits per heavy atom. The minimum atomic E-state index is -3.89. The number of fused-ring (bicyclic) bond motifs is 2. The number of hydrogen-bond acceptors (Lipinski definition) is 20. The SMILES string of the molecule is C=C[C@@H]1CC1(NC(=O)[C@@H]1CC(Oc2nccc3cc(OC)ccc23)CN1C(=O)[C@@H](N)C(C)(C)C)C(=O)NS(=O)(=O)C1CC1.C=C[C@@H]1CC1(NC(=O)[C@@H]1CC(Oc2nccc3cc(OC)ccc23)CN1C(=O)[C@@H](NC(=O)NC(C)(C)C)C(C)(C)C)C(=O)NS(=O)(=O)C1CC1.CC(C)(C)N=C=O.Cl.Cl. The number of nitrogens with two attached hydrogens (primary N) is 1. The molecule has 0 bridgehead atoms. The van der Waals surface area contributed by atoms with Crippen LogP contribution >= 0.6 is 24.8 Å². The van der Waals surface area contributed by atoms with Gasteiger partial charge in [-0.25, -0.2) is 41.4 Å². The first-order valence-electron chi connectivity index (χ1n) is 33.3. The largest absolute Gasteiger partial charge is 0.497 e. The molecule has 2 aromatic carbocycles. The fourth-order valence-electron chi connectivity index (χ4n) is 11.8. The van der Waals surface area contributed by atoms with Crippen molar-refractivity contribution in [2.45, 2.75) is 203 Å². The zero-order chi connectivity index (χ0) is 74.0. The number of carbonyl (C=O) groups is 7. The van der Waals surface area contributed by atoms with Gasteiger partial charge in [-0.3, -0.25) is 38.2 Å². The van der Waals surface area contributed by atoms with E-state index in [9.17, 15) is 55.2 Å². The summed E-state index contributed by atoms with van der Waals surface area (Å²) in [4.78, 5) is 120. The van der Waals surface area contributed by atoms with Gasteiger partial charge in [0.05, 0.1) is 49.4 Å². The molecule has 0 radical (unpaired) electrons. The Hall–Kier alpha value is -8.15. The molecule has 28 nitrogen and oxygen atoms in total. The van der Waals surface area contributed by atoms with Crippen molar-refractivity contribution in [2.75, 3.05) is 27.3 Å². The van der Waals surface area contributed by atoms with Crippen molar-refractivity contribution < 1.29 is 74.1 Å². The first-order chi connectivity index (χ1) is 46.5. The summed E-state index contributed by atoms with van der Waals surface area (Å²) in [6.45, 7) is 29.4. The molecule has 560 valence electrons. The molecule has 4 aromatic rings. The van der Waals surface area contributed by atoms with Gasteiger partial charge in [0.2, 0.25) is 61.5 Å². The zero-order valence-corrected chi connectivity index (χ0v) is 63.4. The zero-order valence-electron chi connectivity index (χ0n) is 60.2. The van der Waals surface area contributed by atoms with Crippen LogP contribution in [0.1, 0.15) is 134 Å². The number of hydrogen-bond donors (Lipinski definition) is 7. The first kappa shape index (κ1) is 82.8. The van der Waals surface area contributed by atoms with Crippen LogP contribution in [0.5, 0.6) is 23.3 Å². The predicted octanol–water partition coefficient (Wildman–Crippen LogP) is 6.37. The highest BCUT2D eigenvalue weighted by atomic mass is 35.5. The number of carbonyl (C=O) groups excluding carboxylic acids is 8. The van der Waals surface area contributed by atoms with Crippen molar-refractivity contribution in [3.05, 3.63) is 86.2 Å². The molecule has 10 rings (SSSR count). The van der Waals surface area contributed by atoms with Crippen molar-refractivity contribution in [2.24, 2.45) is 33.4 Å². The van der Waals surface area contributed by atoms with Gasteiger partial charge in [0.1, 0.15) is 52.9 Å². The number of halogens is 2. The number of likely N-dealkylation sites (tertiary alicyclic amines) is 2. The van der Waals surface area contributed by atoms with Crippen LogP contribution in [0.2, 0.25) is 0 Å². The second-order valence-corrected chi connectivity index (χ2v) is 34.5. The summed E-state index contributed by atoms with van der Waals surface area (Å²) in [6, 6.07) is 9.89. The average Bonchev–Trinajstić information content (AvgIpc) is 1.58. The Bertz CT molecular complexity index is 4130. The van der Waals surface area contributed by atoms with Gasteiger partial charge in [-0.2, -0.15) is 0 Å². The molecule has 6 fully saturated rings. The molecule has 4 aliphatic carbocycles. The standard InChI is InChI=1S/C35H48N6O8S.C30H39N5O7S.C5H9NO.2ClH/c1-9-21-18-35(21,31(44)40-50(46,47)24-11-12-24)38-28(42)26-17-23(49-29-25-13-10-22(48-8)16-20(25)14-15-36-29)19-41(26)30(43)27(33(2,3)4)37-32(45)39-34(5,6)7;1-6-18-15-30(18,28(38)34-43(39,40)21-8-9-21)33-25(36)23-14-20(16-35(23)27(37)24(31)29(2,3)4)42-26-22-10-7-19(41-5)13-17(22)11-12-32-26;1-5(2,3)6-4-7;;/h9-10,13-16,21,23-24,26-27H,1,11-12,17-19H2,2-8H3,(H,38,42)(H,40,44)(H2,37,39,45);6-7,10-13,18,20-21,23-24H,1,8-9,14-16,31H2,2-5H3,(H,33,36)(H,34,38);1-3H3;2*1H/t21-,23?,26+,27-,35?;18-,20?,23+,24-,30?;;;/m11.../s1. The molecule has 32 heteroatoms. The Morgan fingerprint density at radius 2 is 1.04 bits per heavy atom. The lowest BCUT2D eigenvalue weighted by Gasteiger charge is -2.36. The van der Waals surface area contributed by atoms with E-state index in [1.807, 2.05) is 98.7 Å². The topological polar surface area (TPSA) is 385 Å². The quantitative estimate of drug-likeness (QED) is 0.0270. The highest BCUT2D eigenvalue weighted by Gasteiger charge is 2.64. The molecule has 6 aliphatic rings. The molecular formula is C70H98Cl2N12O16S2. The smallest absolute Gasteiger partial charge is 0.315 e. The number of nitrogens with one attached hydrogen (secondary N) is 6. The van der Waals surface area contributed by atoms with Crippen molar-refractivity contribution in [3.63, 3.8) is 0 Å². The van der Waals surface area contributed by atoms with Crippen LogP contribution in [-0.4, -0.2) is 180 Å². The van der Waals surface area contributed by atoms with E-state index in [2.05, 4.69) is 58.8 Å². The first-order valence-corrected chi connectivity index (χ1v) is 36.4. The molecule has 2 aliphatic heterocycles. The number of amides is 8. The van der Waals surface area contributed by atoms with Crippen molar-refractivity contribution in [1.82, 2.24) is 50.5 Å². The molecule has 102 heavy (non-hydrogen) atoms. The molecular weight excluding hydrogens is 1400 g/mol. The van der Waals surface area contributed by atoms with Crippen LogP contribution in [-0.2, 0) is 53.6 Å². The van der Waals surface area contributed by atoms with E-state index < -0.39 is 148 Å². The highest BCUT2D eigenvalue weighted by molar-refractivity contribution is 7.91. The second kappa shape index (κ2) is 31.8. The van der Waals surface area contributed by atoms with Crippen molar-refractivity contribution in [3.8, 4) is 23.3 Å². The van der Waals surface area contributed by atoms with Crippen molar-refractivity contribution in [1.29, 1.82) is 0 Å². The maximum Gasteiger partial charge on any atom is 0.315 e. The summed E-state index contributed by atoms with van der Waals surface area (Å²) >= 11 is 0. The summed E-state index contributed by atoms with van der Waals surface area (Å²) in [5.41, 5.74) is 1.14. The summed E-state index contributed by atoms with van der Waals surface area (Å²) in [7, 11) is -4.57. The number of rotatable bonds is 21. The number of aromatic nitrogens is 2. The van der Waals surface area contributed by atoms with Crippen LogP contribution in [0, 0.1) is 22.7 Å². The van der Waals surface area contributed by atoms with Gasteiger partial charge in [0.25, 0.3) is 11.8 Å². The molecule has 2 saturated heterocycles. The Labute approximate surface area is 608 Å². The lowest BCUT2D eigenvalue weighted by molar-refractivity contribution is -0.142. The van der Waals surface area contributed by atoms with E-state index in [1.54, 1.807) is 59.5 Å². The molecule has 10 atom stereocenters. The van der Waals surface area contributed by atoms with Gasteiger partial charge < -0.3 is 55.7 Å². The maximum absolute atomic E-state index is 14.4. The van der Waals surface area contributed by atoms with E-state index in [0.717, 1.165) is 16.2 Å². The molecule has 4 heterocycles. The molecule has 8 amide bonds. The van der Waals surface area contributed by atoms with Crippen LogP contribution in [0.3, 0.4) is 0 Å². The minimum Gasteiger partial charge on any atom is -0.497 e. The summed E-state index contributed by atoms with van der Waals surface area (Å²) < 4.78 is 77.9. The monoisotopic (exact) mass is 1500 g/mol. The third-order valence-corrected chi connectivity index (χ3v) is 21.7. The lowest BCUT2D eigenvalue weighted by Crippen LogP contribution is -2.61. The van der Waals surface area contributed by atoms with E-state index in [4.69, 9.17) is 24.7 Å². The van der Waals surface area contributed by atoms with Gasteiger partial charge in [-0.1, -0.05) is 53.7 Å². The number of urea groups is 1. The number of isocyanates is 1. The Kier molecular flexibility index (Phi) is 25.8. The van der Waals surface area contributed by atoms with Gasteiger partial charge in [-0.15, -0.1) is 38.0 Å². The number of methoxy groups -OCH3 is 2. The number of benzene rings is 2. The van der Waals surface area contributed by atoms with E-state index in [0.29, 0.717) is 54.3 Å². The molecule has 4 unspecified atom stereocenters. The fraction of sp³-hybridized carbons (Fsp3) is 0.571. The van der Waals surface area contributed by atoms with E-state index in [-0.39, 0.29) is 69.1 Å². The van der Waals surface area contributed by atoms with Gasteiger partial charge in [0.15, 0.2) is 0 Å². The number of pyridine rings is 2. The predicted molar refractivity (Wildman–Crippen MR) is 389 cm³/mol. The molecule has 8 N–H and O–H groups in total. The summed E-state index contributed by atoms with van der Waals surface area (Å²) in [5, 5.41) is 13.0. The minimum absolute atomic E-state index is 0. The normalized spacial score (nSPS) is 23.5. The Balaban J connectivity index is 0.000000290. The van der Waals surface area contributed by atoms with Gasteiger partial charge >= 0.3 is 6.03 Å². The Morgan fingerprint density at radius 3 is 1.35 bits per heavy atom. The van der Waals surface area contributed by atoms with Gasteiger partial charge in [-0.05, 0) is 150 Å². The third kappa shape index (κ3) is 20.0. The van der Waals surface area contributed by atoms with Crippen LogP contribution in [0.15, 0.2) is 91.2 Å².